The number of hydrogen-bond donors (Lipinski definition) is 1. The molecular formula is C11H21N3O2. The molecule has 0 spiro atoms. The van der Waals surface area contributed by atoms with Crippen molar-refractivity contribution in [3.05, 3.63) is 12.7 Å². The van der Waals surface area contributed by atoms with Crippen LogP contribution >= 0.6 is 0 Å². The molecule has 0 aromatic heterocycles. The Kier molecular flexibility index (Phi) is 5.45. The normalized spacial score (nSPS) is 19.5. The zero-order valence-corrected chi connectivity index (χ0v) is 9.89. The number of ether oxygens (including phenoxy) is 1. The highest BCUT2D eigenvalue weighted by Gasteiger charge is 2.25. The Balaban J connectivity index is 2.40. The summed E-state index contributed by atoms with van der Waals surface area (Å²) in [6, 6.07) is 0. The fourth-order valence-electron chi connectivity index (χ4n) is 1.83. The first kappa shape index (κ1) is 13.2. The number of nitrogens with zero attached hydrogens (tertiary/aromatic N) is 2. The molecule has 1 aliphatic heterocycles. The molecule has 0 saturated carbocycles. The monoisotopic (exact) mass is 227 g/mol. The van der Waals surface area contributed by atoms with E-state index in [0.29, 0.717) is 0 Å². The summed E-state index contributed by atoms with van der Waals surface area (Å²) in [6.07, 6.45) is 1.39. The quantitative estimate of drug-likeness (QED) is 0.630. The summed E-state index contributed by atoms with van der Waals surface area (Å²) >= 11 is 0. The van der Waals surface area contributed by atoms with Crippen LogP contribution in [0.25, 0.3) is 0 Å². The van der Waals surface area contributed by atoms with Crippen molar-refractivity contribution in [2.45, 2.75) is 6.10 Å². The third-order valence-corrected chi connectivity index (χ3v) is 2.85. The lowest BCUT2D eigenvalue weighted by molar-refractivity contribution is -0.143. The Labute approximate surface area is 96.8 Å². The summed E-state index contributed by atoms with van der Waals surface area (Å²) < 4.78 is 5.04. The molecule has 1 unspecified atom stereocenters. The van der Waals surface area contributed by atoms with Crippen LogP contribution in [-0.4, -0.2) is 68.2 Å². The molecule has 0 aliphatic carbocycles. The van der Waals surface area contributed by atoms with Gasteiger partial charge in [0.1, 0.15) is 6.10 Å². The molecular weight excluding hydrogens is 206 g/mol. The van der Waals surface area contributed by atoms with E-state index in [-0.39, 0.29) is 12.5 Å². The topological polar surface area (TPSA) is 58.8 Å². The van der Waals surface area contributed by atoms with E-state index in [1.165, 1.54) is 7.11 Å². The third kappa shape index (κ3) is 3.30. The first-order valence-electron chi connectivity index (χ1n) is 5.57. The van der Waals surface area contributed by atoms with Gasteiger partial charge in [-0.2, -0.15) is 0 Å². The molecule has 1 atom stereocenters. The van der Waals surface area contributed by atoms with E-state index in [1.54, 1.807) is 0 Å². The Morgan fingerprint density at radius 2 is 2.12 bits per heavy atom. The van der Waals surface area contributed by atoms with Crippen LogP contribution < -0.4 is 5.73 Å². The highest BCUT2D eigenvalue weighted by atomic mass is 16.5. The molecule has 1 aliphatic rings. The van der Waals surface area contributed by atoms with E-state index >= 15 is 0 Å². The number of carbonyl (C=O) groups excluding carboxylic acids is 1. The second kappa shape index (κ2) is 6.62. The molecule has 5 nitrogen and oxygen atoms in total. The maximum Gasteiger partial charge on any atom is 0.253 e. The number of amides is 1. The van der Waals surface area contributed by atoms with Crippen molar-refractivity contribution < 1.29 is 9.53 Å². The van der Waals surface area contributed by atoms with Crippen molar-refractivity contribution in [2.24, 2.45) is 5.73 Å². The van der Waals surface area contributed by atoms with Gasteiger partial charge in [0, 0.05) is 46.4 Å². The van der Waals surface area contributed by atoms with Gasteiger partial charge < -0.3 is 15.4 Å². The minimum atomic E-state index is -0.494. The van der Waals surface area contributed by atoms with Crippen molar-refractivity contribution in [3.63, 3.8) is 0 Å². The highest BCUT2D eigenvalue weighted by Crippen LogP contribution is 2.05. The summed E-state index contributed by atoms with van der Waals surface area (Å²) in [6.45, 7) is 8.09. The third-order valence-electron chi connectivity index (χ3n) is 2.85. The first-order chi connectivity index (χ1) is 7.72. The van der Waals surface area contributed by atoms with Crippen LogP contribution in [0.5, 0.6) is 0 Å². The fourth-order valence-corrected chi connectivity index (χ4v) is 1.83. The Hall–Kier alpha value is -0.910. The molecule has 0 aromatic carbocycles. The second-order valence-corrected chi connectivity index (χ2v) is 3.87. The van der Waals surface area contributed by atoms with Gasteiger partial charge in [0.15, 0.2) is 0 Å². The molecule has 5 heteroatoms. The SMILES string of the molecule is C=CCN1CCN(C(=O)C(CN)OC)CC1. The van der Waals surface area contributed by atoms with E-state index in [1.807, 2.05) is 11.0 Å². The minimum Gasteiger partial charge on any atom is -0.370 e. The van der Waals surface area contributed by atoms with E-state index in [4.69, 9.17) is 10.5 Å². The van der Waals surface area contributed by atoms with Crippen LogP contribution in [0.4, 0.5) is 0 Å². The maximum atomic E-state index is 11.9. The summed E-state index contributed by atoms with van der Waals surface area (Å²) in [7, 11) is 1.52. The van der Waals surface area contributed by atoms with Gasteiger partial charge in [0.2, 0.25) is 0 Å². The minimum absolute atomic E-state index is 0.00301. The van der Waals surface area contributed by atoms with E-state index in [2.05, 4.69) is 11.5 Å². The summed E-state index contributed by atoms with van der Waals surface area (Å²) in [5, 5.41) is 0. The van der Waals surface area contributed by atoms with E-state index < -0.39 is 6.10 Å². The average Bonchev–Trinajstić information content (AvgIpc) is 2.32. The predicted molar refractivity (Wildman–Crippen MR) is 63.1 cm³/mol. The average molecular weight is 227 g/mol. The largest absolute Gasteiger partial charge is 0.370 e. The molecule has 1 fully saturated rings. The summed E-state index contributed by atoms with van der Waals surface area (Å²) in [4.78, 5) is 16.0. The number of piperazine rings is 1. The van der Waals surface area contributed by atoms with Crippen LogP contribution in [0.1, 0.15) is 0 Å². The number of carbonyl (C=O) groups is 1. The number of rotatable bonds is 5. The van der Waals surface area contributed by atoms with Crippen LogP contribution in [-0.2, 0) is 9.53 Å². The molecule has 16 heavy (non-hydrogen) atoms. The van der Waals surface area contributed by atoms with Crippen LogP contribution in [0.15, 0.2) is 12.7 Å². The molecule has 92 valence electrons. The Bertz CT molecular complexity index is 233. The molecule has 1 amide bonds. The summed E-state index contributed by atoms with van der Waals surface area (Å²) in [5.74, 6) is 0.00301. The van der Waals surface area contributed by atoms with Crippen molar-refractivity contribution >= 4 is 5.91 Å². The standard InChI is InChI=1S/C11H21N3O2/c1-3-4-13-5-7-14(8-6-13)11(15)10(9-12)16-2/h3,10H,1,4-9,12H2,2H3. The lowest BCUT2D eigenvalue weighted by atomic mass is 10.2. The van der Waals surface area contributed by atoms with E-state index in [0.717, 1.165) is 32.7 Å². The fraction of sp³-hybridized carbons (Fsp3) is 0.727. The number of methoxy groups -OCH3 is 1. The van der Waals surface area contributed by atoms with Gasteiger partial charge in [-0.1, -0.05) is 6.08 Å². The molecule has 2 N–H and O–H groups in total. The second-order valence-electron chi connectivity index (χ2n) is 3.87. The molecule has 0 bridgehead atoms. The van der Waals surface area contributed by atoms with Gasteiger partial charge in [0.05, 0.1) is 0 Å². The maximum absolute atomic E-state index is 11.9. The lowest BCUT2D eigenvalue weighted by Crippen LogP contribution is -2.52. The van der Waals surface area contributed by atoms with Crippen LogP contribution in [0, 0.1) is 0 Å². The van der Waals surface area contributed by atoms with E-state index in [9.17, 15) is 4.79 Å². The van der Waals surface area contributed by atoms with Gasteiger partial charge in [-0.25, -0.2) is 0 Å². The molecule has 0 aromatic rings. The smallest absolute Gasteiger partial charge is 0.253 e. The zero-order chi connectivity index (χ0) is 12.0. The number of hydrogen-bond acceptors (Lipinski definition) is 4. The molecule has 1 saturated heterocycles. The zero-order valence-electron chi connectivity index (χ0n) is 9.89. The predicted octanol–water partition coefficient (Wildman–Crippen LogP) is -0.710. The lowest BCUT2D eigenvalue weighted by Gasteiger charge is -2.35. The van der Waals surface area contributed by atoms with Crippen molar-refractivity contribution in [1.29, 1.82) is 0 Å². The van der Waals surface area contributed by atoms with Crippen molar-refractivity contribution in [2.75, 3.05) is 46.4 Å². The Morgan fingerprint density at radius 1 is 1.50 bits per heavy atom. The van der Waals surface area contributed by atoms with Gasteiger partial charge in [0.25, 0.3) is 5.91 Å². The molecule has 1 rings (SSSR count). The molecule has 0 radical (unpaired) electrons. The first-order valence-corrected chi connectivity index (χ1v) is 5.57. The van der Waals surface area contributed by atoms with Crippen LogP contribution in [0.2, 0.25) is 0 Å². The van der Waals surface area contributed by atoms with Gasteiger partial charge >= 0.3 is 0 Å². The van der Waals surface area contributed by atoms with Gasteiger partial charge in [-0.15, -0.1) is 6.58 Å². The number of nitrogens with two attached hydrogens (primary N) is 1. The Morgan fingerprint density at radius 3 is 2.56 bits per heavy atom. The van der Waals surface area contributed by atoms with Gasteiger partial charge in [-0.3, -0.25) is 9.69 Å². The van der Waals surface area contributed by atoms with Gasteiger partial charge in [-0.05, 0) is 0 Å². The van der Waals surface area contributed by atoms with Crippen LogP contribution in [0.3, 0.4) is 0 Å². The highest BCUT2D eigenvalue weighted by molar-refractivity contribution is 5.81. The van der Waals surface area contributed by atoms with Crippen molar-refractivity contribution in [3.8, 4) is 0 Å². The molecule has 1 heterocycles. The van der Waals surface area contributed by atoms with Crippen molar-refractivity contribution in [1.82, 2.24) is 9.80 Å². The summed E-state index contributed by atoms with van der Waals surface area (Å²) in [5.41, 5.74) is 5.47.